The van der Waals surface area contributed by atoms with E-state index in [1.807, 2.05) is 29.8 Å². The Hall–Kier alpha value is -4.07. The molecule has 0 unspecified atom stereocenters. The fraction of sp³-hybridized carbons (Fsp3) is 0.417. The average molecular weight is 720 g/mol. The average Bonchev–Trinajstić information content (AvgIpc) is 3.67. The SMILES string of the molecule is COc1nc(-c2ccnc(-c3cccc(NC(=O)c4nc5c(n4C)CCN(CC4(C)COC4)C5)c3Cl)c2Cl)ccc1CNC[C@@H]1CCC(=O)N1. The number of nitrogens with one attached hydrogen (secondary N) is 3. The van der Waals surface area contributed by atoms with Gasteiger partial charge in [-0.05, 0) is 24.6 Å². The molecule has 12 nitrogen and oxygen atoms in total. The Morgan fingerprint density at radius 2 is 1.96 bits per heavy atom. The van der Waals surface area contributed by atoms with Crippen LogP contribution < -0.4 is 20.7 Å². The first-order valence-corrected chi connectivity index (χ1v) is 17.5. The summed E-state index contributed by atoms with van der Waals surface area (Å²) in [6.45, 7) is 7.54. The normalized spacial score (nSPS) is 18.3. The monoisotopic (exact) mass is 718 g/mol. The number of methoxy groups -OCH3 is 1. The number of benzene rings is 1. The molecule has 0 aliphatic carbocycles. The highest BCUT2D eigenvalue weighted by Gasteiger charge is 2.37. The molecule has 50 heavy (non-hydrogen) atoms. The Morgan fingerprint density at radius 3 is 2.70 bits per heavy atom. The standard InChI is InChI=1S/C36H40Cl2N8O4/c1-36(19-50-20-36)18-46-14-12-28-27(17-46)42-33(45(28)2)34(48)43-26-6-4-5-24(30(26)37)32-31(38)23(11-13-40-32)25-9-7-21(35(44-25)49-3)15-39-16-22-8-10-29(47)41-22/h4-7,9,11,13,22,39H,8,10,12,14-20H2,1-3H3,(H,41,47)(H,43,48)/t22-/m0/s1. The smallest absolute Gasteiger partial charge is 0.291 e. The van der Waals surface area contributed by atoms with E-state index in [-0.39, 0.29) is 23.3 Å². The number of nitrogens with zero attached hydrogens (tertiary/aromatic N) is 5. The summed E-state index contributed by atoms with van der Waals surface area (Å²) in [6, 6.07) is 11.1. The van der Waals surface area contributed by atoms with Crippen molar-refractivity contribution in [3.8, 4) is 28.4 Å². The first-order chi connectivity index (χ1) is 24.1. The lowest BCUT2D eigenvalue weighted by Crippen LogP contribution is -2.49. The summed E-state index contributed by atoms with van der Waals surface area (Å²) in [7, 11) is 3.46. The zero-order chi connectivity index (χ0) is 35.0. The number of carbonyl (C=O) groups excluding carboxylic acids is 2. The number of imidazole rings is 1. The van der Waals surface area contributed by atoms with Gasteiger partial charge >= 0.3 is 0 Å². The Bertz CT molecular complexity index is 1950. The summed E-state index contributed by atoms with van der Waals surface area (Å²) in [6.07, 6.45) is 3.86. The van der Waals surface area contributed by atoms with Gasteiger partial charge in [0.2, 0.25) is 11.8 Å². The summed E-state index contributed by atoms with van der Waals surface area (Å²) in [4.78, 5) is 41.6. The second-order valence-electron chi connectivity index (χ2n) is 13.6. The lowest BCUT2D eigenvalue weighted by molar-refractivity contribution is -0.119. The summed E-state index contributed by atoms with van der Waals surface area (Å²) in [5.41, 5.74) is 5.74. The molecule has 1 atom stereocenters. The van der Waals surface area contributed by atoms with Crippen LogP contribution in [0.15, 0.2) is 42.6 Å². The predicted octanol–water partition coefficient (Wildman–Crippen LogP) is 4.87. The lowest BCUT2D eigenvalue weighted by Gasteiger charge is -2.42. The van der Waals surface area contributed by atoms with Crippen LogP contribution in [0.4, 0.5) is 5.69 Å². The molecule has 14 heteroatoms. The summed E-state index contributed by atoms with van der Waals surface area (Å²) in [5, 5.41) is 9.97. The molecule has 2 amide bonds. The summed E-state index contributed by atoms with van der Waals surface area (Å²) >= 11 is 13.9. The molecule has 0 spiro atoms. The van der Waals surface area contributed by atoms with E-state index in [2.05, 4.69) is 32.8 Å². The van der Waals surface area contributed by atoms with E-state index < -0.39 is 0 Å². The lowest BCUT2D eigenvalue weighted by atomic mass is 9.87. The Balaban J connectivity index is 1.07. The van der Waals surface area contributed by atoms with Gasteiger partial charge in [-0.3, -0.25) is 19.5 Å². The highest BCUT2D eigenvalue weighted by Crippen LogP contribution is 2.40. The number of halogens is 2. The van der Waals surface area contributed by atoms with E-state index in [0.29, 0.717) is 76.0 Å². The van der Waals surface area contributed by atoms with Crippen LogP contribution in [-0.4, -0.2) is 82.2 Å². The molecule has 1 aromatic carbocycles. The van der Waals surface area contributed by atoms with Crippen molar-refractivity contribution in [1.82, 2.24) is 35.1 Å². The van der Waals surface area contributed by atoms with Crippen LogP contribution in [-0.2, 0) is 36.1 Å². The van der Waals surface area contributed by atoms with E-state index >= 15 is 0 Å². The molecular formula is C36H40Cl2N8O4. The van der Waals surface area contributed by atoms with E-state index in [1.165, 1.54) is 0 Å². The van der Waals surface area contributed by atoms with Gasteiger partial charge in [-0.25, -0.2) is 9.97 Å². The number of aromatic nitrogens is 4. The number of carbonyl (C=O) groups is 2. The van der Waals surface area contributed by atoms with Crippen molar-refractivity contribution in [2.45, 2.75) is 45.3 Å². The first kappa shape index (κ1) is 34.4. The number of hydrogen-bond donors (Lipinski definition) is 3. The van der Waals surface area contributed by atoms with E-state index in [9.17, 15) is 9.59 Å². The van der Waals surface area contributed by atoms with Crippen molar-refractivity contribution in [2.75, 3.05) is 45.3 Å². The van der Waals surface area contributed by atoms with E-state index in [1.54, 1.807) is 31.5 Å². The minimum absolute atomic E-state index is 0.0894. The van der Waals surface area contributed by atoms with Crippen LogP contribution in [0.2, 0.25) is 10.0 Å². The van der Waals surface area contributed by atoms with Crippen molar-refractivity contribution in [1.29, 1.82) is 0 Å². The minimum Gasteiger partial charge on any atom is -0.481 e. The van der Waals surface area contributed by atoms with Crippen molar-refractivity contribution >= 4 is 40.7 Å². The van der Waals surface area contributed by atoms with Gasteiger partial charge in [-0.2, -0.15) is 0 Å². The van der Waals surface area contributed by atoms with Crippen LogP contribution in [0.3, 0.4) is 0 Å². The molecule has 3 aliphatic rings. The fourth-order valence-electron chi connectivity index (χ4n) is 6.96. The first-order valence-electron chi connectivity index (χ1n) is 16.8. The second-order valence-corrected chi connectivity index (χ2v) is 14.3. The van der Waals surface area contributed by atoms with Crippen LogP contribution in [0, 0.1) is 5.41 Å². The molecule has 6 heterocycles. The fourth-order valence-corrected chi connectivity index (χ4v) is 7.54. The molecule has 262 valence electrons. The van der Waals surface area contributed by atoms with E-state index in [4.69, 9.17) is 42.6 Å². The molecule has 0 bridgehead atoms. The van der Waals surface area contributed by atoms with Gasteiger partial charge in [0.15, 0.2) is 5.82 Å². The highest BCUT2D eigenvalue weighted by molar-refractivity contribution is 6.39. The minimum atomic E-state index is -0.349. The maximum Gasteiger partial charge on any atom is 0.291 e. The molecule has 4 aromatic rings. The number of hydrogen-bond acceptors (Lipinski definition) is 9. The number of pyridine rings is 2. The van der Waals surface area contributed by atoms with E-state index in [0.717, 1.165) is 56.1 Å². The number of amides is 2. The summed E-state index contributed by atoms with van der Waals surface area (Å²) < 4.78 is 12.9. The van der Waals surface area contributed by atoms with Gasteiger partial charge in [-0.1, -0.05) is 48.3 Å². The number of rotatable bonds is 11. The van der Waals surface area contributed by atoms with Gasteiger partial charge in [-0.15, -0.1) is 0 Å². The quantitative estimate of drug-likeness (QED) is 0.198. The van der Waals surface area contributed by atoms with Gasteiger partial charge in [0, 0.05) is 92.7 Å². The Morgan fingerprint density at radius 1 is 1.12 bits per heavy atom. The van der Waals surface area contributed by atoms with Crippen LogP contribution in [0.25, 0.3) is 22.5 Å². The van der Waals surface area contributed by atoms with Crippen molar-refractivity contribution in [3.05, 3.63) is 75.4 Å². The number of ether oxygens (including phenoxy) is 2. The maximum absolute atomic E-state index is 13.6. The maximum atomic E-state index is 13.6. The Labute approximate surface area is 300 Å². The molecule has 2 fully saturated rings. The molecule has 0 radical (unpaired) electrons. The van der Waals surface area contributed by atoms with Gasteiger partial charge in [0.1, 0.15) is 0 Å². The third kappa shape index (κ3) is 6.95. The van der Waals surface area contributed by atoms with Crippen molar-refractivity contribution in [3.63, 3.8) is 0 Å². The van der Waals surface area contributed by atoms with Gasteiger partial charge < -0.3 is 30.0 Å². The van der Waals surface area contributed by atoms with Crippen LogP contribution in [0.1, 0.15) is 47.3 Å². The largest absolute Gasteiger partial charge is 0.481 e. The van der Waals surface area contributed by atoms with Crippen LogP contribution in [0.5, 0.6) is 5.88 Å². The van der Waals surface area contributed by atoms with Crippen molar-refractivity contribution < 1.29 is 19.1 Å². The third-order valence-electron chi connectivity index (χ3n) is 9.64. The zero-order valence-electron chi connectivity index (χ0n) is 28.3. The summed E-state index contributed by atoms with van der Waals surface area (Å²) in [5.74, 6) is 0.539. The topological polar surface area (TPSA) is 136 Å². The number of fused-ring (bicyclic) bond motifs is 1. The van der Waals surface area contributed by atoms with Gasteiger partial charge in [0.25, 0.3) is 5.91 Å². The molecule has 3 aromatic heterocycles. The molecular weight excluding hydrogens is 679 g/mol. The number of anilines is 1. The van der Waals surface area contributed by atoms with Crippen molar-refractivity contribution in [2.24, 2.45) is 12.5 Å². The predicted molar refractivity (Wildman–Crippen MR) is 191 cm³/mol. The molecule has 7 rings (SSSR count). The van der Waals surface area contributed by atoms with Gasteiger partial charge in [0.05, 0.1) is 53.1 Å². The Kier molecular flexibility index (Phi) is 9.82. The molecule has 3 N–H and O–H groups in total. The van der Waals surface area contributed by atoms with Crippen LogP contribution >= 0.6 is 23.2 Å². The third-order valence-corrected chi connectivity index (χ3v) is 10.4. The molecule has 3 aliphatic heterocycles. The molecule has 2 saturated heterocycles. The highest BCUT2D eigenvalue weighted by atomic mass is 35.5. The second kappa shape index (κ2) is 14.3. The molecule has 0 saturated carbocycles. The zero-order valence-corrected chi connectivity index (χ0v) is 29.8.